The van der Waals surface area contributed by atoms with Crippen LogP contribution in [0.1, 0.15) is 32.6 Å². The van der Waals surface area contributed by atoms with Crippen LogP contribution < -0.4 is 14.1 Å². The molecule has 0 aromatic heterocycles. The van der Waals surface area contributed by atoms with E-state index in [0.29, 0.717) is 0 Å². The third-order valence-corrected chi connectivity index (χ3v) is 6.14. The quantitative estimate of drug-likeness (QED) is 0.263. The van der Waals surface area contributed by atoms with Crippen LogP contribution in [-0.4, -0.2) is 23.0 Å². The Hall–Kier alpha value is -2.90. The van der Waals surface area contributed by atoms with Gasteiger partial charge in [-0.2, -0.15) is 5.09 Å². The van der Waals surface area contributed by atoms with Gasteiger partial charge in [-0.25, -0.2) is 4.57 Å². The monoisotopic (exact) mass is 434 g/mol. The minimum atomic E-state index is -4.08. The van der Waals surface area contributed by atoms with Crippen LogP contribution in [0.2, 0.25) is 0 Å². The number of carbonyl (C=O) groups is 1. The predicted octanol–water partition coefficient (Wildman–Crippen LogP) is 4.62. The summed E-state index contributed by atoms with van der Waals surface area (Å²) in [5.41, 5.74) is -0.136. The summed E-state index contributed by atoms with van der Waals surface area (Å²) in [6, 6.07) is 12.4. The van der Waals surface area contributed by atoms with Crippen LogP contribution in [-0.2, 0) is 14.1 Å². The fourth-order valence-electron chi connectivity index (χ4n) is 3.02. The molecule has 1 aliphatic carbocycles. The average molecular weight is 434 g/mol. The van der Waals surface area contributed by atoms with Gasteiger partial charge in [-0.05, 0) is 56.9 Å². The number of nitro benzene ring substituents is 1. The van der Waals surface area contributed by atoms with Crippen molar-refractivity contribution >= 4 is 19.4 Å². The highest BCUT2D eigenvalue weighted by Crippen LogP contribution is 2.45. The summed E-state index contributed by atoms with van der Waals surface area (Å²) in [5, 5.41) is 13.4. The number of rotatable bonds is 9. The zero-order chi connectivity index (χ0) is 21.6. The lowest BCUT2D eigenvalue weighted by atomic mass is 10.3. The Morgan fingerprint density at radius 1 is 1.07 bits per heavy atom. The maximum Gasteiger partial charge on any atom is 0.513 e. The second-order valence-corrected chi connectivity index (χ2v) is 8.56. The average Bonchev–Trinajstić information content (AvgIpc) is 3.22. The zero-order valence-electron chi connectivity index (χ0n) is 16.4. The largest absolute Gasteiger partial charge is 0.513 e. The first-order valence-corrected chi connectivity index (χ1v) is 11.2. The molecule has 1 fully saturated rings. The first-order valence-electron chi connectivity index (χ1n) is 9.62. The van der Waals surface area contributed by atoms with E-state index in [-0.39, 0.29) is 23.3 Å². The van der Waals surface area contributed by atoms with Crippen molar-refractivity contribution in [1.29, 1.82) is 0 Å². The van der Waals surface area contributed by atoms with Crippen molar-refractivity contribution in [2.24, 2.45) is 0 Å². The van der Waals surface area contributed by atoms with E-state index >= 15 is 0 Å². The molecule has 0 bridgehead atoms. The second-order valence-electron chi connectivity index (χ2n) is 6.94. The standard InChI is InChI=1S/C20H23N2O7P/c1-15(20(23)27-17-7-5-6-8-17)21-30(26,28-18-9-3-2-4-10-18)29-19-13-11-16(12-14-19)22(24)25/h2-4,9-15,17H,5-8H2,1H3,(H,21,26)/t15-,30-/m0/s1. The molecule has 0 radical (unpaired) electrons. The van der Waals surface area contributed by atoms with Crippen LogP contribution in [0.4, 0.5) is 5.69 Å². The molecule has 1 saturated carbocycles. The van der Waals surface area contributed by atoms with Crippen LogP contribution in [0.5, 0.6) is 11.5 Å². The van der Waals surface area contributed by atoms with E-state index in [9.17, 15) is 19.5 Å². The lowest BCUT2D eigenvalue weighted by Gasteiger charge is -2.24. The highest BCUT2D eigenvalue weighted by molar-refractivity contribution is 7.52. The molecule has 10 heteroatoms. The first kappa shape index (κ1) is 21.8. The number of para-hydroxylation sites is 1. The lowest BCUT2D eigenvalue weighted by Crippen LogP contribution is -2.37. The summed E-state index contributed by atoms with van der Waals surface area (Å²) in [7, 11) is -4.08. The van der Waals surface area contributed by atoms with Crippen molar-refractivity contribution in [3.63, 3.8) is 0 Å². The van der Waals surface area contributed by atoms with E-state index in [0.717, 1.165) is 25.7 Å². The van der Waals surface area contributed by atoms with Crippen molar-refractivity contribution in [2.75, 3.05) is 0 Å². The lowest BCUT2D eigenvalue weighted by molar-refractivity contribution is -0.384. The molecule has 3 rings (SSSR count). The van der Waals surface area contributed by atoms with Crippen LogP contribution >= 0.6 is 7.75 Å². The molecule has 9 nitrogen and oxygen atoms in total. The molecule has 2 atom stereocenters. The van der Waals surface area contributed by atoms with Crippen LogP contribution in [0.25, 0.3) is 0 Å². The van der Waals surface area contributed by atoms with Gasteiger partial charge in [-0.1, -0.05) is 18.2 Å². The van der Waals surface area contributed by atoms with Crippen LogP contribution in [0.15, 0.2) is 54.6 Å². The molecule has 2 aromatic rings. The fourth-order valence-corrected chi connectivity index (χ4v) is 4.54. The molecular weight excluding hydrogens is 411 g/mol. The number of nitrogens with zero attached hydrogens (tertiary/aromatic N) is 1. The number of nitrogens with one attached hydrogen (secondary N) is 1. The van der Waals surface area contributed by atoms with Crippen molar-refractivity contribution in [1.82, 2.24) is 5.09 Å². The Kier molecular flexibility index (Phi) is 7.07. The molecule has 0 heterocycles. The highest BCUT2D eigenvalue weighted by Gasteiger charge is 2.35. The number of non-ortho nitro benzene ring substituents is 1. The minimum Gasteiger partial charge on any atom is -0.461 e. The third-order valence-electron chi connectivity index (χ3n) is 4.53. The summed E-state index contributed by atoms with van der Waals surface area (Å²) in [6.07, 6.45) is 3.52. The number of esters is 1. The third kappa shape index (κ3) is 6.05. The zero-order valence-corrected chi connectivity index (χ0v) is 17.3. The Bertz CT molecular complexity index is 915. The maximum absolute atomic E-state index is 13.4. The van der Waals surface area contributed by atoms with E-state index < -0.39 is 24.7 Å². The summed E-state index contributed by atoms with van der Waals surface area (Å²) in [5.74, 6) is -0.193. The van der Waals surface area contributed by atoms with Crippen LogP contribution in [0, 0.1) is 10.1 Å². The molecule has 1 N–H and O–H groups in total. The number of ether oxygens (including phenoxy) is 1. The van der Waals surface area contributed by atoms with E-state index in [1.54, 1.807) is 30.3 Å². The van der Waals surface area contributed by atoms with Gasteiger partial charge in [-0.3, -0.25) is 14.9 Å². The first-order chi connectivity index (χ1) is 14.3. The Balaban J connectivity index is 1.75. The summed E-state index contributed by atoms with van der Waals surface area (Å²) in [6.45, 7) is 1.51. The van der Waals surface area contributed by atoms with Crippen molar-refractivity contribution in [2.45, 2.75) is 44.8 Å². The van der Waals surface area contributed by atoms with E-state index in [4.69, 9.17) is 13.8 Å². The highest BCUT2D eigenvalue weighted by atomic mass is 31.2. The Labute approximate surface area is 174 Å². The second kappa shape index (κ2) is 9.73. The van der Waals surface area contributed by atoms with Gasteiger partial charge < -0.3 is 13.8 Å². The van der Waals surface area contributed by atoms with Gasteiger partial charge in [-0.15, -0.1) is 0 Å². The molecule has 0 aliphatic heterocycles. The molecule has 0 amide bonds. The molecule has 0 unspecified atom stereocenters. The van der Waals surface area contributed by atoms with Gasteiger partial charge in [0.15, 0.2) is 0 Å². The van der Waals surface area contributed by atoms with Gasteiger partial charge >= 0.3 is 13.7 Å². The topological polar surface area (TPSA) is 117 Å². The van der Waals surface area contributed by atoms with E-state index in [1.807, 2.05) is 0 Å². The molecule has 1 aliphatic rings. The van der Waals surface area contributed by atoms with E-state index in [1.165, 1.54) is 31.2 Å². The van der Waals surface area contributed by atoms with Gasteiger partial charge in [0, 0.05) is 12.1 Å². The van der Waals surface area contributed by atoms with E-state index in [2.05, 4.69) is 5.09 Å². The Morgan fingerprint density at radius 3 is 2.20 bits per heavy atom. The van der Waals surface area contributed by atoms with Gasteiger partial charge in [0.2, 0.25) is 0 Å². The van der Waals surface area contributed by atoms with Crippen LogP contribution in [0.3, 0.4) is 0 Å². The number of hydrogen-bond acceptors (Lipinski definition) is 7. The SMILES string of the molecule is C[C@H](N[P@](=O)(Oc1ccccc1)Oc1ccc([N+](=O)[O-])cc1)C(=O)OC1CCCC1. The summed E-state index contributed by atoms with van der Waals surface area (Å²) < 4.78 is 30.0. The van der Waals surface area contributed by atoms with Gasteiger partial charge in [0.25, 0.3) is 5.69 Å². The number of hydrogen-bond donors (Lipinski definition) is 1. The molecule has 30 heavy (non-hydrogen) atoms. The smallest absolute Gasteiger partial charge is 0.461 e. The minimum absolute atomic E-state index is 0.0868. The van der Waals surface area contributed by atoms with Crippen molar-refractivity contribution in [3.05, 3.63) is 64.7 Å². The number of carbonyl (C=O) groups excluding carboxylic acids is 1. The van der Waals surface area contributed by atoms with Gasteiger partial charge in [0.05, 0.1) is 4.92 Å². The normalized spacial score (nSPS) is 17.0. The fraction of sp³-hybridized carbons (Fsp3) is 0.350. The molecule has 0 saturated heterocycles. The molecule has 0 spiro atoms. The Morgan fingerprint density at radius 2 is 1.63 bits per heavy atom. The van der Waals surface area contributed by atoms with Gasteiger partial charge in [0.1, 0.15) is 23.6 Å². The molecular formula is C20H23N2O7P. The van der Waals surface area contributed by atoms with Crippen molar-refractivity contribution < 1.29 is 28.1 Å². The predicted molar refractivity (Wildman–Crippen MR) is 109 cm³/mol. The number of nitro groups is 1. The maximum atomic E-state index is 13.4. The van der Waals surface area contributed by atoms with Crippen molar-refractivity contribution in [3.8, 4) is 11.5 Å². The number of benzene rings is 2. The molecule has 2 aromatic carbocycles. The molecule has 160 valence electrons. The summed E-state index contributed by atoms with van der Waals surface area (Å²) >= 11 is 0. The summed E-state index contributed by atoms with van der Waals surface area (Å²) in [4.78, 5) is 22.7.